The summed E-state index contributed by atoms with van der Waals surface area (Å²) in [6, 6.07) is 6.14. The fraction of sp³-hybridized carbons (Fsp3) is 0.400. The van der Waals surface area contributed by atoms with Crippen LogP contribution in [0.3, 0.4) is 0 Å². The Morgan fingerprint density at radius 1 is 1.57 bits per heavy atom. The van der Waals surface area contributed by atoms with Gasteiger partial charge in [-0.25, -0.2) is 0 Å². The van der Waals surface area contributed by atoms with Crippen LogP contribution in [0.4, 0.5) is 0 Å². The maximum absolute atomic E-state index is 8.71. The van der Waals surface area contributed by atoms with Gasteiger partial charge >= 0.3 is 0 Å². The molecule has 0 spiro atoms. The summed E-state index contributed by atoms with van der Waals surface area (Å²) in [7, 11) is 0. The van der Waals surface area contributed by atoms with Gasteiger partial charge in [-0.2, -0.15) is 0 Å². The number of hydrogen-bond donors (Lipinski definition) is 2. The number of aliphatic hydroxyl groups excluding tert-OH is 1. The van der Waals surface area contributed by atoms with Crippen LogP contribution in [0.15, 0.2) is 27.6 Å². The van der Waals surface area contributed by atoms with Crippen molar-refractivity contribution in [2.75, 3.05) is 12.4 Å². The molecule has 0 aliphatic heterocycles. The van der Waals surface area contributed by atoms with E-state index in [0.29, 0.717) is 0 Å². The summed E-state index contributed by atoms with van der Waals surface area (Å²) in [6.45, 7) is 2.16. The summed E-state index contributed by atoms with van der Waals surface area (Å²) in [6.07, 6.45) is 0. The summed E-state index contributed by atoms with van der Waals surface area (Å²) in [5, 5.41) is 8.71. The lowest BCUT2D eigenvalue weighted by Crippen LogP contribution is -2.04. The molecule has 0 aliphatic carbocycles. The molecule has 1 rings (SSSR count). The lowest BCUT2D eigenvalue weighted by Gasteiger charge is -2.08. The minimum Gasteiger partial charge on any atom is -0.396 e. The zero-order valence-electron chi connectivity index (χ0n) is 8.03. The Hall–Kier alpha value is -0.0300. The Kier molecular flexibility index (Phi) is 4.95. The van der Waals surface area contributed by atoms with Gasteiger partial charge in [-0.3, -0.25) is 0 Å². The molecule has 0 amide bonds. The molecule has 1 aromatic rings. The van der Waals surface area contributed by atoms with Crippen molar-refractivity contribution in [1.82, 2.24) is 0 Å². The lowest BCUT2D eigenvalue weighted by atomic mass is 10.1. The minimum atomic E-state index is 0.0585. The third kappa shape index (κ3) is 3.28. The molecule has 0 aromatic heterocycles. The molecule has 0 fully saturated rings. The molecule has 14 heavy (non-hydrogen) atoms. The molecule has 0 unspecified atom stereocenters. The van der Waals surface area contributed by atoms with Gasteiger partial charge in [0.05, 0.1) is 6.61 Å². The Bertz CT molecular complexity index is 304. The SMILES string of the molecule is C[C@H](N)c1ccc(SCCO)c(Br)c1. The highest BCUT2D eigenvalue weighted by Crippen LogP contribution is 2.29. The molecular weight excluding hydrogens is 262 g/mol. The van der Waals surface area contributed by atoms with E-state index < -0.39 is 0 Å². The van der Waals surface area contributed by atoms with Gasteiger partial charge in [0, 0.05) is 21.2 Å². The van der Waals surface area contributed by atoms with E-state index in [1.54, 1.807) is 11.8 Å². The van der Waals surface area contributed by atoms with E-state index in [-0.39, 0.29) is 12.6 Å². The summed E-state index contributed by atoms with van der Waals surface area (Å²) >= 11 is 5.12. The summed E-state index contributed by atoms with van der Waals surface area (Å²) < 4.78 is 1.05. The van der Waals surface area contributed by atoms with Gasteiger partial charge in [0.1, 0.15) is 0 Å². The largest absolute Gasteiger partial charge is 0.396 e. The van der Waals surface area contributed by atoms with Crippen molar-refractivity contribution in [1.29, 1.82) is 0 Å². The molecule has 0 saturated heterocycles. The van der Waals surface area contributed by atoms with E-state index in [1.807, 2.05) is 25.1 Å². The number of halogens is 1. The van der Waals surface area contributed by atoms with E-state index in [1.165, 1.54) is 0 Å². The number of benzene rings is 1. The van der Waals surface area contributed by atoms with E-state index in [2.05, 4.69) is 15.9 Å². The highest BCUT2D eigenvalue weighted by atomic mass is 79.9. The molecule has 0 radical (unpaired) electrons. The molecular formula is C10H14BrNOS. The van der Waals surface area contributed by atoms with Crippen molar-refractivity contribution in [2.24, 2.45) is 5.73 Å². The molecule has 1 atom stereocenters. The van der Waals surface area contributed by atoms with Gasteiger partial charge in [0.15, 0.2) is 0 Å². The van der Waals surface area contributed by atoms with Crippen LogP contribution in [0, 0.1) is 0 Å². The fourth-order valence-corrected chi connectivity index (χ4v) is 2.49. The second-order valence-corrected chi connectivity index (χ2v) is 5.04. The van der Waals surface area contributed by atoms with Crippen LogP contribution in [0.1, 0.15) is 18.5 Å². The van der Waals surface area contributed by atoms with E-state index in [9.17, 15) is 0 Å². The first-order valence-electron chi connectivity index (χ1n) is 4.44. The molecule has 4 heteroatoms. The standard InChI is InChI=1S/C10H14BrNOS/c1-7(12)8-2-3-10(9(11)6-8)14-5-4-13/h2-3,6-7,13H,4-5,12H2,1H3/t7-/m0/s1. The van der Waals surface area contributed by atoms with Crippen LogP contribution >= 0.6 is 27.7 Å². The number of thioether (sulfide) groups is 1. The van der Waals surface area contributed by atoms with E-state index >= 15 is 0 Å². The summed E-state index contributed by atoms with van der Waals surface area (Å²) in [4.78, 5) is 1.14. The Morgan fingerprint density at radius 2 is 2.29 bits per heavy atom. The second kappa shape index (κ2) is 5.75. The molecule has 0 heterocycles. The third-order valence-corrected chi connectivity index (χ3v) is 3.80. The van der Waals surface area contributed by atoms with E-state index in [0.717, 1.165) is 20.7 Å². The Labute approximate surface area is 97.0 Å². The fourth-order valence-electron chi connectivity index (χ4n) is 1.07. The molecule has 0 saturated carbocycles. The maximum Gasteiger partial charge on any atom is 0.0525 e. The number of hydrogen-bond acceptors (Lipinski definition) is 3. The van der Waals surface area contributed by atoms with Gasteiger partial charge in [-0.05, 0) is 40.5 Å². The average Bonchev–Trinajstić information content (AvgIpc) is 2.15. The van der Waals surface area contributed by atoms with Crippen molar-refractivity contribution in [2.45, 2.75) is 17.9 Å². The summed E-state index contributed by atoms with van der Waals surface area (Å²) in [5.74, 6) is 0.718. The molecule has 78 valence electrons. The van der Waals surface area contributed by atoms with E-state index in [4.69, 9.17) is 10.8 Å². The lowest BCUT2D eigenvalue weighted by molar-refractivity contribution is 0.322. The van der Waals surface area contributed by atoms with Crippen LogP contribution in [0.5, 0.6) is 0 Å². The predicted molar refractivity (Wildman–Crippen MR) is 64.6 cm³/mol. The first kappa shape index (κ1) is 12.0. The van der Waals surface area contributed by atoms with Crippen LogP contribution in [0.25, 0.3) is 0 Å². The van der Waals surface area contributed by atoms with Crippen molar-refractivity contribution < 1.29 is 5.11 Å². The predicted octanol–water partition coefficient (Wildman–Crippen LogP) is 2.55. The highest BCUT2D eigenvalue weighted by Gasteiger charge is 2.04. The topological polar surface area (TPSA) is 46.2 Å². The normalized spacial score (nSPS) is 12.9. The summed E-state index contributed by atoms with van der Waals surface area (Å²) in [5.41, 5.74) is 6.88. The second-order valence-electron chi connectivity index (χ2n) is 3.05. The Balaban J connectivity index is 2.79. The first-order valence-corrected chi connectivity index (χ1v) is 6.21. The van der Waals surface area contributed by atoms with Crippen molar-refractivity contribution in [3.05, 3.63) is 28.2 Å². The third-order valence-electron chi connectivity index (χ3n) is 1.83. The molecule has 3 N–H and O–H groups in total. The molecule has 0 aliphatic rings. The van der Waals surface area contributed by atoms with Crippen LogP contribution < -0.4 is 5.73 Å². The van der Waals surface area contributed by atoms with Crippen molar-refractivity contribution in [3.63, 3.8) is 0 Å². The Morgan fingerprint density at radius 3 is 2.79 bits per heavy atom. The van der Waals surface area contributed by atoms with Gasteiger partial charge in [0.2, 0.25) is 0 Å². The zero-order valence-corrected chi connectivity index (χ0v) is 10.4. The number of nitrogens with two attached hydrogens (primary N) is 1. The number of aliphatic hydroxyl groups is 1. The van der Waals surface area contributed by atoms with Gasteiger partial charge < -0.3 is 10.8 Å². The van der Waals surface area contributed by atoms with Crippen molar-refractivity contribution >= 4 is 27.7 Å². The quantitative estimate of drug-likeness (QED) is 0.831. The molecule has 2 nitrogen and oxygen atoms in total. The van der Waals surface area contributed by atoms with Crippen LogP contribution in [0.2, 0.25) is 0 Å². The smallest absolute Gasteiger partial charge is 0.0525 e. The monoisotopic (exact) mass is 275 g/mol. The highest BCUT2D eigenvalue weighted by molar-refractivity contribution is 9.10. The van der Waals surface area contributed by atoms with Gasteiger partial charge in [-0.1, -0.05) is 6.07 Å². The number of rotatable bonds is 4. The van der Waals surface area contributed by atoms with Gasteiger partial charge in [0.25, 0.3) is 0 Å². The van der Waals surface area contributed by atoms with Crippen LogP contribution in [-0.2, 0) is 0 Å². The van der Waals surface area contributed by atoms with Crippen molar-refractivity contribution in [3.8, 4) is 0 Å². The zero-order chi connectivity index (χ0) is 10.6. The first-order chi connectivity index (χ1) is 6.65. The van der Waals surface area contributed by atoms with Gasteiger partial charge in [-0.15, -0.1) is 11.8 Å². The molecule has 1 aromatic carbocycles. The van der Waals surface area contributed by atoms with Crippen LogP contribution in [-0.4, -0.2) is 17.5 Å². The minimum absolute atomic E-state index is 0.0585. The molecule has 0 bridgehead atoms. The maximum atomic E-state index is 8.71. The average molecular weight is 276 g/mol.